The maximum Gasteiger partial charge on any atom is 0.331 e. The molecule has 0 saturated carbocycles. The van der Waals surface area contributed by atoms with E-state index >= 15 is 0 Å². The molecule has 0 atom stereocenters. The molecule has 29 heavy (non-hydrogen) atoms. The molecule has 0 saturated heterocycles. The summed E-state index contributed by atoms with van der Waals surface area (Å²) in [6, 6.07) is 17.3. The van der Waals surface area contributed by atoms with Crippen LogP contribution in [0.25, 0.3) is 17.0 Å². The summed E-state index contributed by atoms with van der Waals surface area (Å²) in [5, 5.41) is 12.5. The van der Waals surface area contributed by atoms with Crippen molar-refractivity contribution in [3.05, 3.63) is 71.9 Å². The molecule has 0 aliphatic rings. The van der Waals surface area contributed by atoms with Gasteiger partial charge in [0.05, 0.1) is 12.5 Å². The quantitative estimate of drug-likeness (QED) is 0.489. The maximum absolute atomic E-state index is 12.0. The van der Waals surface area contributed by atoms with Gasteiger partial charge < -0.3 is 14.6 Å². The van der Waals surface area contributed by atoms with E-state index in [1.54, 1.807) is 18.2 Å². The molecule has 3 rings (SSSR count). The summed E-state index contributed by atoms with van der Waals surface area (Å²) in [5.74, 6) is -0.998. The van der Waals surface area contributed by atoms with Crippen molar-refractivity contribution >= 4 is 34.5 Å². The van der Waals surface area contributed by atoms with Gasteiger partial charge in [-0.15, -0.1) is 0 Å². The Kier molecular flexibility index (Phi) is 6.43. The number of aromatic nitrogens is 1. The molecule has 1 heterocycles. The highest BCUT2D eigenvalue weighted by molar-refractivity contribution is 5.96. The third-order valence-electron chi connectivity index (χ3n) is 4.36. The zero-order valence-electron chi connectivity index (χ0n) is 16.1. The summed E-state index contributed by atoms with van der Waals surface area (Å²) >= 11 is 0. The second-order valence-electron chi connectivity index (χ2n) is 6.56. The first-order chi connectivity index (χ1) is 14.1. The first-order valence-electron chi connectivity index (χ1n) is 9.23. The lowest BCUT2D eigenvalue weighted by atomic mass is 10.1. The Labute approximate surface area is 169 Å². The van der Waals surface area contributed by atoms with Crippen LogP contribution in [0, 0.1) is 18.3 Å². The number of anilines is 1. The smallest absolute Gasteiger partial charge is 0.331 e. The molecule has 6 nitrogen and oxygen atoms in total. The Morgan fingerprint density at radius 3 is 2.69 bits per heavy atom. The third kappa shape index (κ3) is 5.33. The Bertz CT molecular complexity index is 1090. The average molecular weight is 387 g/mol. The number of nitriles is 1. The van der Waals surface area contributed by atoms with Crippen LogP contribution in [0.15, 0.2) is 60.8 Å². The minimum absolute atomic E-state index is 0.360. The molecule has 1 N–H and O–H groups in total. The SMILES string of the molecule is Cc1ccc(NC(=O)COC(=O)C=Cc2cn(CCC#N)c3ccccc23)cc1. The van der Waals surface area contributed by atoms with Crippen LogP contribution in [0.4, 0.5) is 5.69 Å². The van der Waals surface area contributed by atoms with Crippen LogP contribution in [0.1, 0.15) is 17.5 Å². The van der Waals surface area contributed by atoms with Crippen molar-refractivity contribution in [1.82, 2.24) is 4.57 Å². The van der Waals surface area contributed by atoms with Crippen molar-refractivity contribution in [2.75, 3.05) is 11.9 Å². The fourth-order valence-electron chi connectivity index (χ4n) is 2.94. The van der Waals surface area contributed by atoms with Crippen molar-refractivity contribution < 1.29 is 14.3 Å². The molecular formula is C23H21N3O3. The number of hydrogen-bond donors (Lipinski definition) is 1. The molecule has 0 spiro atoms. The topological polar surface area (TPSA) is 84.1 Å². The van der Waals surface area contributed by atoms with E-state index in [0.29, 0.717) is 18.7 Å². The molecule has 0 unspecified atom stereocenters. The van der Waals surface area contributed by atoms with Gasteiger partial charge >= 0.3 is 5.97 Å². The standard InChI is InChI=1S/C23H21N3O3/c1-17-7-10-19(11-8-17)25-22(27)16-29-23(28)12-9-18-15-26(14-4-13-24)21-6-3-2-5-20(18)21/h2-3,5-12,15H,4,14,16H2,1H3,(H,25,27). The second kappa shape index (κ2) is 9.38. The Balaban J connectivity index is 1.59. The highest BCUT2D eigenvalue weighted by Crippen LogP contribution is 2.22. The summed E-state index contributed by atoms with van der Waals surface area (Å²) in [6.45, 7) is 2.18. The number of aryl methyl sites for hydroxylation is 2. The molecule has 146 valence electrons. The largest absolute Gasteiger partial charge is 0.452 e. The van der Waals surface area contributed by atoms with Crippen LogP contribution in [-0.4, -0.2) is 23.1 Å². The van der Waals surface area contributed by atoms with Crippen molar-refractivity contribution in [2.24, 2.45) is 0 Å². The van der Waals surface area contributed by atoms with Gasteiger partial charge in [-0.3, -0.25) is 4.79 Å². The minimum atomic E-state index is -0.599. The molecule has 6 heteroatoms. The summed E-state index contributed by atoms with van der Waals surface area (Å²) in [6.07, 6.45) is 5.26. The van der Waals surface area contributed by atoms with Crippen molar-refractivity contribution in [3.8, 4) is 6.07 Å². The number of carbonyl (C=O) groups is 2. The lowest BCUT2D eigenvalue weighted by molar-refractivity contribution is -0.142. The first kappa shape index (κ1) is 19.9. The molecule has 1 aromatic heterocycles. The van der Waals surface area contributed by atoms with Crippen LogP contribution in [-0.2, 0) is 20.9 Å². The summed E-state index contributed by atoms with van der Waals surface area (Å²) in [4.78, 5) is 23.9. The summed E-state index contributed by atoms with van der Waals surface area (Å²) in [5.41, 5.74) is 3.58. The molecule has 0 aliphatic heterocycles. The van der Waals surface area contributed by atoms with Crippen LogP contribution < -0.4 is 5.32 Å². The molecule has 0 bridgehead atoms. The number of ether oxygens (including phenoxy) is 1. The second-order valence-corrected chi connectivity index (χ2v) is 6.56. The number of esters is 1. The van der Waals surface area contributed by atoms with E-state index in [1.807, 2.05) is 54.1 Å². The number of benzene rings is 2. The van der Waals surface area contributed by atoms with E-state index in [0.717, 1.165) is 22.0 Å². The summed E-state index contributed by atoms with van der Waals surface area (Å²) < 4.78 is 7.00. The average Bonchev–Trinajstić information content (AvgIpc) is 3.09. The van der Waals surface area contributed by atoms with Crippen LogP contribution in [0.3, 0.4) is 0 Å². The predicted octanol–water partition coefficient (Wildman–Crippen LogP) is 4.06. The van der Waals surface area contributed by atoms with E-state index in [2.05, 4.69) is 11.4 Å². The number of carbonyl (C=O) groups excluding carboxylic acids is 2. The zero-order chi connectivity index (χ0) is 20.6. The maximum atomic E-state index is 12.0. The van der Waals surface area contributed by atoms with Crippen LogP contribution in [0.5, 0.6) is 0 Å². The number of rotatable bonds is 7. The lowest BCUT2D eigenvalue weighted by Crippen LogP contribution is -2.20. The third-order valence-corrected chi connectivity index (χ3v) is 4.36. The molecule has 0 radical (unpaired) electrons. The number of para-hydroxylation sites is 1. The predicted molar refractivity (Wildman–Crippen MR) is 112 cm³/mol. The number of nitrogens with one attached hydrogen (secondary N) is 1. The molecule has 3 aromatic rings. The van der Waals surface area contributed by atoms with E-state index in [-0.39, 0.29) is 6.61 Å². The van der Waals surface area contributed by atoms with Crippen molar-refractivity contribution in [2.45, 2.75) is 19.9 Å². The van der Waals surface area contributed by atoms with Gasteiger partial charge in [0, 0.05) is 41.0 Å². The monoisotopic (exact) mass is 387 g/mol. The Hall–Kier alpha value is -3.85. The van der Waals surface area contributed by atoms with Gasteiger partial charge in [0.2, 0.25) is 0 Å². The van der Waals surface area contributed by atoms with Gasteiger partial charge in [0.15, 0.2) is 6.61 Å². The lowest BCUT2D eigenvalue weighted by Gasteiger charge is -2.05. The molecular weight excluding hydrogens is 366 g/mol. The number of nitrogens with zero attached hydrogens (tertiary/aromatic N) is 2. The van der Waals surface area contributed by atoms with Gasteiger partial charge in [-0.1, -0.05) is 35.9 Å². The minimum Gasteiger partial charge on any atom is -0.452 e. The fourth-order valence-corrected chi connectivity index (χ4v) is 2.94. The zero-order valence-corrected chi connectivity index (χ0v) is 16.1. The van der Waals surface area contributed by atoms with Crippen molar-refractivity contribution in [3.63, 3.8) is 0 Å². The van der Waals surface area contributed by atoms with Gasteiger partial charge in [-0.25, -0.2) is 4.79 Å². The fraction of sp³-hybridized carbons (Fsp3) is 0.174. The summed E-state index contributed by atoms with van der Waals surface area (Å²) in [7, 11) is 0. The Morgan fingerprint density at radius 2 is 1.93 bits per heavy atom. The van der Waals surface area contributed by atoms with E-state index in [1.165, 1.54) is 6.08 Å². The molecule has 1 amide bonds. The highest BCUT2D eigenvalue weighted by atomic mass is 16.5. The molecule has 0 fully saturated rings. The van der Waals surface area contributed by atoms with Gasteiger partial charge in [-0.2, -0.15) is 5.26 Å². The molecule has 0 aliphatic carbocycles. The van der Waals surface area contributed by atoms with E-state index in [4.69, 9.17) is 10.00 Å². The first-order valence-corrected chi connectivity index (χ1v) is 9.23. The number of hydrogen-bond acceptors (Lipinski definition) is 4. The van der Waals surface area contributed by atoms with Gasteiger partial charge in [0.25, 0.3) is 5.91 Å². The van der Waals surface area contributed by atoms with Crippen molar-refractivity contribution in [1.29, 1.82) is 5.26 Å². The number of amides is 1. The van der Waals surface area contributed by atoms with Crippen LogP contribution in [0.2, 0.25) is 0 Å². The highest BCUT2D eigenvalue weighted by Gasteiger charge is 2.08. The van der Waals surface area contributed by atoms with E-state index < -0.39 is 11.9 Å². The van der Waals surface area contributed by atoms with E-state index in [9.17, 15) is 9.59 Å². The Morgan fingerprint density at radius 1 is 1.17 bits per heavy atom. The van der Waals surface area contributed by atoms with Gasteiger partial charge in [0.1, 0.15) is 0 Å². The normalized spacial score (nSPS) is 10.8. The van der Waals surface area contributed by atoms with Crippen LogP contribution >= 0.6 is 0 Å². The molecule has 2 aromatic carbocycles. The number of fused-ring (bicyclic) bond motifs is 1. The van der Waals surface area contributed by atoms with Gasteiger partial charge in [-0.05, 0) is 31.2 Å².